The van der Waals surface area contributed by atoms with Crippen LogP contribution in [0.3, 0.4) is 0 Å². The SMILES string of the molecule is CNC(=O)c1ccc(NCCn2cccn2)nn1. The van der Waals surface area contributed by atoms with Gasteiger partial charge in [-0.15, -0.1) is 10.2 Å². The molecule has 0 bridgehead atoms. The second kappa shape index (κ2) is 5.76. The zero-order chi connectivity index (χ0) is 12.8. The van der Waals surface area contributed by atoms with Gasteiger partial charge in [0.05, 0.1) is 6.54 Å². The van der Waals surface area contributed by atoms with Crippen LogP contribution in [0.4, 0.5) is 5.82 Å². The fraction of sp³-hybridized carbons (Fsp3) is 0.273. The molecule has 7 nitrogen and oxygen atoms in total. The van der Waals surface area contributed by atoms with Crippen LogP contribution in [-0.2, 0) is 6.54 Å². The normalized spacial score (nSPS) is 10.1. The molecule has 0 saturated carbocycles. The van der Waals surface area contributed by atoms with Gasteiger partial charge in [-0.3, -0.25) is 9.48 Å². The Hall–Kier alpha value is -2.44. The molecule has 0 aliphatic heterocycles. The highest BCUT2D eigenvalue weighted by Crippen LogP contribution is 2.01. The van der Waals surface area contributed by atoms with E-state index in [1.807, 2.05) is 16.9 Å². The standard InChI is InChI=1S/C11H14N6O/c1-12-11(18)9-3-4-10(16-15-9)13-6-8-17-7-2-5-14-17/h2-5,7H,6,8H2,1H3,(H,12,18)(H,13,16). The topological polar surface area (TPSA) is 84.7 Å². The minimum absolute atomic E-state index is 0.245. The van der Waals surface area contributed by atoms with Gasteiger partial charge in [-0.25, -0.2) is 0 Å². The summed E-state index contributed by atoms with van der Waals surface area (Å²) in [4.78, 5) is 11.2. The van der Waals surface area contributed by atoms with Gasteiger partial charge in [0.2, 0.25) is 0 Å². The molecule has 0 radical (unpaired) electrons. The van der Waals surface area contributed by atoms with Crippen LogP contribution in [0.1, 0.15) is 10.5 Å². The molecule has 0 unspecified atom stereocenters. The first-order chi connectivity index (χ1) is 8.79. The van der Waals surface area contributed by atoms with E-state index in [2.05, 4.69) is 25.9 Å². The van der Waals surface area contributed by atoms with E-state index in [1.54, 1.807) is 25.4 Å². The highest BCUT2D eigenvalue weighted by atomic mass is 16.1. The zero-order valence-corrected chi connectivity index (χ0v) is 10.00. The molecule has 2 rings (SSSR count). The summed E-state index contributed by atoms with van der Waals surface area (Å²) < 4.78 is 1.82. The molecule has 18 heavy (non-hydrogen) atoms. The number of carbonyl (C=O) groups excluding carboxylic acids is 1. The molecule has 2 aromatic heterocycles. The predicted molar refractivity (Wildman–Crippen MR) is 66.1 cm³/mol. The van der Waals surface area contributed by atoms with Gasteiger partial charge < -0.3 is 10.6 Å². The number of carbonyl (C=O) groups is 1. The van der Waals surface area contributed by atoms with Gasteiger partial charge >= 0.3 is 0 Å². The maximum Gasteiger partial charge on any atom is 0.271 e. The molecular weight excluding hydrogens is 232 g/mol. The Balaban J connectivity index is 1.85. The Labute approximate surface area is 104 Å². The second-order valence-corrected chi connectivity index (χ2v) is 3.58. The van der Waals surface area contributed by atoms with E-state index < -0.39 is 0 Å². The third-order valence-electron chi connectivity index (χ3n) is 2.33. The molecule has 0 aliphatic carbocycles. The van der Waals surface area contributed by atoms with E-state index in [0.29, 0.717) is 18.1 Å². The van der Waals surface area contributed by atoms with Crippen molar-refractivity contribution < 1.29 is 4.79 Å². The van der Waals surface area contributed by atoms with Gasteiger partial charge in [-0.2, -0.15) is 5.10 Å². The number of hydrogen-bond acceptors (Lipinski definition) is 5. The fourth-order valence-electron chi connectivity index (χ4n) is 1.41. The first kappa shape index (κ1) is 12.0. The van der Waals surface area contributed by atoms with Crippen LogP contribution in [0.25, 0.3) is 0 Å². The summed E-state index contributed by atoms with van der Waals surface area (Å²) >= 11 is 0. The summed E-state index contributed by atoms with van der Waals surface area (Å²) in [7, 11) is 1.56. The summed E-state index contributed by atoms with van der Waals surface area (Å²) in [5.74, 6) is 0.389. The van der Waals surface area contributed by atoms with Gasteiger partial charge in [0.15, 0.2) is 5.69 Å². The molecule has 2 aromatic rings. The molecule has 2 heterocycles. The van der Waals surface area contributed by atoms with Crippen LogP contribution >= 0.6 is 0 Å². The number of nitrogens with zero attached hydrogens (tertiary/aromatic N) is 4. The lowest BCUT2D eigenvalue weighted by molar-refractivity contribution is 0.0957. The van der Waals surface area contributed by atoms with Gasteiger partial charge in [-0.1, -0.05) is 0 Å². The third kappa shape index (κ3) is 3.03. The van der Waals surface area contributed by atoms with Crippen molar-refractivity contribution >= 4 is 11.7 Å². The number of rotatable bonds is 5. The van der Waals surface area contributed by atoms with Crippen molar-refractivity contribution in [2.24, 2.45) is 0 Å². The zero-order valence-electron chi connectivity index (χ0n) is 10.00. The maximum atomic E-state index is 11.2. The lowest BCUT2D eigenvalue weighted by Crippen LogP contribution is -2.20. The molecular formula is C11H14N6O. The molecule has 0 spiro atoms. The first-order valence-electron chi connectivity index (χ1n) is 5.56. The summed E-state index contributed by atoms with van der Waals surface area (Å²) in [6, 6.07) is 5.22. The largest absolute Gasteiger partial charge is 0.367 e. The van der Waals surface area contributed by atoms with Crippen molar-refractivity contribution in [2.45, 2.75) is 6.54 Å². The highest BCUT2D eigenvalue weighted by Gasteiger charge is 2.04. The number of hydrogen-bond donors (Lipinski definition) is 2. The monoisotopic (exact) mass is 246 g/mol. The average molecular weight is 246 g/mol. The Kier molecular flexibility index (Phi) is 3.85. The van der Waals surface area contributed by atoms with E-state index in [9.17, 15) is 4.79 Å². The summed E-state index contributed by atoms with van der Waals surface area (Å²) in [6.45, 7) is 1.43. The van der Waals surface area contributed by atoms with Crippen LogP contribution < -0.4 is 10.6 Å². The number of anilines is 1. The third-order valence-corrected chi connectivity index (χ3v) is 2.33. The summed E-state index contributed by atoms with van der Waals surface area (Å²) in [5.41, 5.74) is 0.301. The van der Waals surface area contributed by atoms with Gasteiger partial charge in [0.1, 0.15) is 5.82 Å². The molecule has 0 aliphatic rings. The van der Waals surface area contributed by atoms with Crippen LogP contribution in [0, 0.1) is 0 Å². The smallest absolute Gasteiger partial charge is 0.271 e. The molecule has 7 heteroatoms. The van der Waals surface area contributed by atoms with E-state index in [0.717, 1.165) is 6.54 Å². The number of nitrogens with one attached hydrogen (secondary N) is 2. The van der Waals surface area contributed by atoms with Crippen molar-refractivity contribution in [1.82, 2.24) is 25.3 Å². The van der Waals surface area contributed by atoms with Crippen molar-refractivity contribution in [3.8, 4) is 0 Å². The van der Waals surface area contributed by atoms with Crippen LogP contribution in [0.15, 0.2) is 30.6 Å². The van der Waals surface area contributed by atoms with Gasteiger partial charge in [-0.05, 0) is 18.2 Å². The Morgan fingerprint density at radius 2 is 2.28 bits per heavy atom. The lowest BCUT2D eigenvalue weighted by Gasteiger charge is -2.05. The predicted octanol–water partition coefficient (Wildman–Crippen LogP) is 0.145. The van der Waals surface area contributed by atoms with Crippen molar-refractivity contribution in [1.29, 1.82) is 0 Å². The van der Waals surface area contributed by atoms with E-state index in [-0.39, 0.29) is 5.91 Å². The van der Waals surface area contributed by atoms with E-state index >= 15 is 0 Å². The summed E-state index contributed by atoms with van der Waals surface area (Å²) in [6.07, 6.45) is 3.63. The highest BCUT2D eigenvalue weighted by molar-refractivity contribution is 5.91. The molecule has 94 valence electrons. The fourth-order valence-corrected chi connectivity index (χ4v) is 1.41. The summed E-state index contributed by atoms with van der Waals surface area (Å²) in [5, 5.41) is 17.4. The van der Waals surface area contributed by atoms with E-state index in [4.69, 9.17) is 0 Å². The minimum atomic E-state index is -0.245. The quantitative estimate of drug-likeness (QED) is 0.784. The van der Waals surface area contributed by atoms with Crippen molar-refractivity contribution in [3.05, 3.63) is 36.3 Å². The van der Waals surface area contributed by atoms with Crippen LogP contribution in [-0.4, -0.2) is 39.5 Å². The van der Waals surface area contributed by atoms with Gasteiger partial charge in [0, 0.05) is 26.0 Å². The minimum Gasteiger partial charge on any atom is -0.367 e. The molecule has 2 N–H and O–H groups in total. The molecule has 1 amide bonds. The van der Waals surface area contributed by atoms with Crippen LogP contribution in [0.5, 0.6) is 0 Å². The second-order valence-electron chi connectivity index (χ2n) is 3.58. The number of aromatic nitrogens is 4. The molecule has 0 atom stereocenters. The van der Waals surface area contributed by atoms with Crippen molar-refractivity contribution in [3.63, 3.8) is 0 Å². The lowest BCUT2D eigenvalue weighted by atomic mass is 10.3. The number of amides is 1. The van der Waals surface area contributed by atoms with E-state index in [1.165, 1.54) is 0 Å². The Morgan fingerprint density at radius 1 is 1.39 bits per heavy atom. The Bertz CT molecular complexity index is 493. The van der Waals surface area contributed by atoms with Crippen LogP contribution in [0.2, 0.25) is 0 Å². The Morgan fingerprint density at radius 3 is 2.89 bits per heavy atom. The molecule has 0 saturated heterocycles. The molecule has 0 fully saturated rings. The van der Waals surface area contributed by atoms with Gasteiger partial charge in [0.25, 0.3) is 5.91 Å². The molecule has 0 aromatic carbocycles. The average Bonchev–Trinajstić information content (AvgIpc) is 2.92. The van der Waals surface area contributed by atoms with Crippen molar-refractivity contribution in [2.75, 3.05) is 18.9 Å². The maximum absolute atomic E-state index is 11.2. The first-order valence-corrected chi connectivity index (χ1v) is 5.56.